The van der Waals surface area contributed by atoms with E-state index in [-0.39, 0.29) is 13.2 Å². The molecule has 0 radical (unpaired) electrons. The van der Waals surface area contributed by atoms with Gasteiger partial charge in [0, 0.05) is 45.7 Å². The molecule has 0 aromatic carbocycles. The summed E-state index contributed by atoms with van der Waals surface area (Å²) in [4.78, 5) is 2.14. The minimum Gasteiger partial charge on any atom is -0.396 e. The summed E-state index contributed by atoms with van der Waals surface area (Å²) < 4.78 is 2.01. The van der Waals surface area contributed by atoms with Gasteiger partial charge in [0.1, 0.15) is 0 Å². The van der Waals surface area contributed by atoms with E-state index < -0.39 is 0 Å². The van der Waals surface area contributed by atoms with E-state index in [0.29, 0.717) is 6.54 Å². The molecule has 2 N–H and O–H groups in total. The largest absolute Gasteiger partial charge is 0.396 e. The molecule has 4 heteroatoms. The van der Waals surface area contributed by atoms with Crippen molar-refractivity contribution in [1.82, 2.24) is 9.47 Å². The number of aliphatic hydroxyl groups excluding tert-OH is 2. The molecule has 0 spiro atoms. The van der Waals surface area contributed by atoms with E-state index in [0.717, 1.165) is 19.5 Å². The van der Waals surface area contributed by atoms with Gasteiger partial charge in [-0.2, -0.15) is 0 Å². The van der Waals surface area contributed by atoms with Crippen LogP contribution in [-0.2, 0) is 13.6 Å². The highest BCUT2D eigenvalue weighted by molar-refractivity contribution is 5.09. The Balaban J connectivity index is 2.42. The molecule has 1 aromatic rings. The van der Waals surface area contributed by atoms with Crippen LogP contribution in [0.1, 0.15) is 12.0 Å². The van der Waals surface area contributed by atoms with E-state index in [4.69, 9.17) is 10.2 Å². The first-order chi connectivity index (χ1) is 7.26. The minimum absolute atomic E-state index is 0.165. The predicted octanol–water partition coefficient (Wildman–Crippen LogP) is 0.202. The summed E-state index contributed by atoms with van der Waals surface area (Å²) >= 11 is 0. The maximum atomic E-state index is 8.91. The molecule has 0 unspecified atom stereocenters. The molecule has 0 aliphatic heterocycles. The second-order valence-corrected chi connectivity index (χ2v) is 3.76. The number of aryl methyl sites for hydroxylation is 1. The molecule has 0 aliphatic rings. The Labute approximate surface area is 90.8 Å². The normalized spacial score (nSPS) is 11.2. The van der Waals surface area contributed by atoms with Crippen molar-refractivity contribution in [2.45, 2.75) is 13.0 Å². The van der Waals surface area contributed by atoms with Gasteiger partial charge in [-0.1, -0.05) is 0 Å². The van der Waals surface area contributed by atoms with E-state index in [1.807, 2.05) is 17.8 Å². The van der Waals surface area contributed by atoms with Crippen molar-refractivity contribution in [3.63, 3.8) is 0 Å². The first-order valence-electron chi connectivity index (χ1n) is 5.31. The summed E-state index contributed by atoms with van der Waals surface area (Å²) in [5.74, 6) is 0. The molecule has 86 valence electrons. The molecule has 1 rings (SSSR count). The third-order valence-electron chi connectivity index (χ3n) is 2.35. The van der Waals surface area contributed by atoms with Crippen molar-refractivity contribution in [1.29, 1.82) is 0 Å². The average Bonchev–Trinajstić information content (AvgIpc) is 2.61. The lowest BCUT2D eigenvalue weighted by molar-refractivity contribution is 0.174. The monoisotopic (exact) mass is 212 g/mol. The van der Waals surface area contributed by atoms with E-state index >= 15 is 0 Å². The second kappa shape index (κ2) is 6.61. The summed E-state index contributed by atoms with van der Waals surface area (Å²) in [6, 6.07) is 2.07. The van der Waals surface area contributed by atoms with Gasteiger partial charge in [-0.15, -0.1) is 0 Å². The van der Waals surface area contributed by atoms with Gasteiger partial charge in [-0.05, 0) is 18.1 Å². The van der Waals surface area contributed by atoms with Crippen molar-refractivity contribution >= 4 is 0 Å². The maximum Gasteiger partial charge on any atom is 0.0558 e. The van der Waals surface area contributed by atoms with Gasteiger partial charge < -0.3 is 14.8 Å². The van der Waals surface area contributed by atoms with Gasteiger partial charge in [0.05, 0.1) is 6.61 Å². The highest BCUT2D eigenvalue weighted by Crippen LogP contribution is 2.05. The summed E-state index contributed by atoms with van der Waals surface area (Å²) in [5, 5.41) is 17.7. The Morgan fingerprint density at radius 2 is 2.07 bits per heavy atom. The maximum absolute atomic E-state index is 8.91. The Hall–Kier alpha value is -0.840. The van der Waals surface area contributed by atoms with Crippen LogP contribution in [-0.4, -0.2) is 46.0 Å². The predicted molar refractivity (Wildman–Crippen MR) is 59.5 cm³/mol. The fraction of sp³-hybridized carbons (Fsp3) is 0.636. The lowest BCUT2D eigenvalue weighted by Gasteiger charge is -2.20. The molecule has 0 amide bonds. The molecule has 0 bridgehead atoms. The van der Waals surface area contributed by atoms with Crippen molar-refractivity contribution in [2.24, 2.45) is 7.05 Å². The Morgan fingerprint density at radius 3 is 2.60 bits per heavy atom. The third kappa shape index (κ3) is 4.46. The molecule has 1 heterocycles. The number of aromatic nitrogens is 1. The highest BCUT2D eigenvalue weighted by Gasteiger charge is 2.05. The first-order valence-corrected chi connectivity index (χ1v) is 5.31. The lowest BCUT2D eigenvalue weighted by Crippen LogP contribution is -2.28. The van der Waals surface area contributed by atoms with E-state index in [1.54, 1.807) is 0 Å². The fourth-order valence-corrected chi connectivity index (χ4v) is 1.62. The van der Waals surface area contributed by atoms with Gasteiger partial charge >= 0.3 is 0 Å². The van der Waals surface area contributed by atoms with Gasteiger partial charge in [0.2, 0.25) is 0 Å². The molecule has 0 saturated heterocycles. The zero-order valence-corrected chi connectivity index (χ0v) is 9.26. The van der Waals surface area contributed by atoms with Crippen LogP contribution in [0, 0.1) is 0 Å². The molecule has 0 aliphatic carbocycles. The zero-order valence-electron chi connectivity index (χ0n) is 9.26. The van der Waals surface area contributed by atoms with E-state index in [9.17, 15) is 0 Å². The van der Waals surface area contributed by atoms with Crippen molar-refractivity contribution < 1.29 is 10.2 Å². The van der Waals surface area contributed by atoms with Crippen LogP contribution in [0.15, 0.2) is 18.5 Å². The van der Waals surface area contributed by atoms with Gasteiger partial charge in [-0.25, -0.2) is 0 Å². The summed E-state index contributed by atoms with van der Waals surface area (Å²) in [6.07, 6.45) is 4.84. The van der Waals surface area contributed by atoms with Crippen LogP contribution >= 0.6 is 0 Å². The fourth-order valence-electron chi connectivity index (χ4n) is 1.62. The summed E-state index contributed by atoms with van der Waals surface area (Å²) in [5.41, 5.74) is 1.24. The van der Waals surface area contributed by atoms with E-state index in [2.05, 4.69) is 17.2 Å². The van der Waals surface area contributed by atoms with Crippen LogP contribution in [0.3, 0.4) is 0 Å². The van der Waals surface area contributed by atoms with Crippen LogP contribution in [0.4, 0.5) is 0 Å². The Bertz CT molecular complexity index is 273. The molecular weight excluding hydrogens is 192 g/mol. The van der Waals surface area contributed by atoms with Gasteiger partial charge in [0.15, 0.2) is 0 Å². The number of hydrogen-bond donors (Lipinski definition) is 2. The number of rotatable bonds is 7. The summed E-state index contributed by atoms with van der Waals surface area (Å²) in [7, 11) is 1.99. The zero-order chi connectivity index (χ0) is 11.1. The minimum atomic E-state index is 0.165. The van der Waals surface area contributed by atoms with Crippen molar-refractivity contribution in [3.8, 4) is 0 Å². The molecule has 15 heavy (non-hydrogen) atoms. The molecule has 0 saturated carbocycles. The Morgan fingerprint density at radius 1 is 1.27 bits per heavy atom. The lowest BCUT2D eigenvalue weighted by atomic mass is 10.3. The van der Waals surface area contributed by atoms with Gasteiger partial charge in [-0.3, -0.25) is 4.90 Å². The molecule has 0 atom stereocenters. The Kier molecular flexibility index (Phi) is 5.39. The molecule has 4 nitrogen and oxygen atoms in total. The molecular formula is C11H20N2O2. The van der Waals surface area contributed by atoms with Crippen molar-refractivity contribution in [2.75, 3.05) is 26.3 Å². The van der Waals surface area contributed by atoms with Crippen molar-refractivity contribution in [3.05, 3.63) is 24.0 Å². The number of nitrogens with zero attached hydrogens (tertiary/aromatic N) is 2. The smallest absolute Gasteiger partial charge is 0.0558 e. The highest BCUT2D eigenvalue weighted by atomic mass is 16.3. The van der Waals surface area contributed by atoms with Crippen LogP contribution < -0.4 is 0 Å². The average molecular weight is 212 g/mol. The third-order valence-corrected chi connectivity index (χ3v) is 2.35. The quantitative estimate of drug-likeness (QED) is 0.679. The van der Waals surface area contributed by atoms with Crippen LogP contribution in [0.25, 0.3) is 0 Å². The first kappa shape index (κ1) is 12.2. The van der Waals surface area contributed by atoms with E-state index in [1.165, 1.54) is 5.56 Å². The molecule has 0 fully saturated rings. The SMILES string of the molecule is Cn1ccc(CN(CCO)CCCO)c1. The van der Waals surface area contributed by atoms with Gasteiger partial charge in [0.25, 0.3) is 0 Å². The van der Waals surface area contributed by atoms with Crippen LogP contribution in [0.2, 0.25) is 0 Å². The standard InChI is InChI=1S/C11H20N2O2/c1-12-5-3-11(9-12)10-13(6-8-15)4-2-7-14/h3,5,9,14-15H,2,4,6-8,10H2,1H3. The summed E-state index contributed by atoms with van der Waals surface area (Å²) in [6.45, 7) is 2.69. The number of aliphatic hydroxyl groups is 2. The number of hydrogen-bond acceptors (Lipinski definition) is 3. The topological polar surface area (TPSA) is 48.6 Å². The molecule has 1 aromatic heterocycles. The second-order valence-electron chi connectivity index (χ2n) is 3.76. The van der Waals surface area contributed by atoms with Crippen LogP contribution in [0.5, 0.6) is 0 Å².